The summed E-state index contributed by atoms with van der Waals surface area (Å²) in [5, 5.41) is 6.45. The van der Waals surface area contributed by atoms with Gasteiger partial charge in [-0.05, 0) is 42.7 Å². The van der Waals surface area contributed by atoms with Crippen LogP contribution in [0.2, 0.25) is 0 Å². The van der Waals surface area contributed by atoms with E-state index in [9.17, 15) is 9.59 Å². The second-order valence-corrected chi connectivity index (χ2v) is 8.40. The third kappa shape index (κ3) is 3.76. The molecule has 0 spiro atoms. The summed E-state index contributed by atoms with van der Waals surface area (Å²) < 4.78 is 1.92. The van der Waals surface area contributed by atoms with Crippen molar-refractivity contribution in [3.8, 4) is 0 Å². The Labute approximate surface area is 184 Å². The number of amides is 2. The van der Waals surface area contributed by atoms with E-state index in [0.29, 0.717) is 23.9 Å². The van der Waals surface area contributed by atoms with Crippen LogP contribution in [0.25, 0.3) is 17.0 Å². The van der Waals surface area contributed by atoms with Gasteiger partial charge in [0.05, 0.1) is 6.54 Å². The maximum Gasteiger partial charge on any atom is 0.276 e. The first-order valence-corrected chi connectivity index (χ1v) is 11.0. The van der Waals surface area contributed by atoms with E-state index in [2.05, 4.69) is 5.32 Å². The zero-order chi connectivity index (χ0) is 21.3. The molecule has 2 amide bonds. The van der Waals surface area contributed by atoms with Crippen LogP contribution in [-0.2, 0) is 22.7 Å². The average molecular weight is 439 g/mol. The lowest BCUT2D eigenvalue weighted by Gasteiger charge is -2.13. The molecule has 1 aromatic carbocycles. The van der Waals surface area contributed by atoms with Gasteiger partial charge >= 0.3 is 0 Å². The lowest BCUT2D eigenvalue weighted by molar-refractivity contribution is -0.123. The summed E-state index contributed by atoms with van der Waals surface area (Å²) in [5.41, 5.74) is 2.36. The highest BCUT2D eigenvalue weighted by atomic mass is 32.1. The molecule has 1 fully saturated rings. The van der Waals surface area contributed by atoms with Crippen molar-refractivity contribution in [3.05, 3.63) is 64.1 Å². The Kier molecular flexibility index (Phi) is 5.69. The number of hydrogen-bond donors (Lipinski definition) is 1. The third-order valence-corrected chi connectivity index (χ3v) is 6.50. The van der Waals surface area contributed by atoms with E-state index < -0.39 is 0 Å². The SMILES string of the molecule is CCN1C(=O)/C(=C/c2cn(CC(=O)NCc3cccs3)c3ccccc23)N(C)C1=S. The largest absolute Gasteiger partial charge is 0.350 e. The Morgan fingerprint density at radius 1 is 1.23 bits per heavy atom. The molecule has 1 saturated heterocycles. The number of rotatable bonds is 6. The molecule has 1 N–H and O–H groups in total. The van der Waals surface area contributed by atoms with Gasteiger partial charge in [0.1, 0.15) is 12.2 Å². The standard InChI is InChI=1S/C22H22N4O2S2/c1-3-26-21(28)19(24(2)22(26)29)11-15-13-25(18-9-5-4-8-17(15)18)14-20(27)23-12-16-7-6-10-30-16/h4-11,13H,3,12,14H2,1-2H3,(H,23,27)/b19-11-. The van der Waals surface area contributed by atoms with Gasteiger partial charge in [-0.3, -0.25) is 14.5 Å². The Hall–Kier alpha value is -2.97. The molecule has 0 aliphatic carbocycles. The van der Waals surface area contributed by atoms with E-state index in [1.807, 2.05) is 65.5 Å². The molecule has 2 aromatic heterocycles. The van der Waals surface area contributed by atoms with Crippen LogP contribution in [0, 0.1) is 0 Å². The van der Waals surface area contributed by atoms with Crippen molar-refractivity contribution in [1.82, 2.24) is 19.7 Å². The fourth-order valence-corrected chi connectivity index (χ4v) is 4.52. The van der Waals surface area contributed by atoms with Crippen LogP contribution >= 0.6 is 23.6 Å². The summed E-state index contributed by atoms with van der Waals surface area (Å²) in [6.45, 7) is 3.17. The molecule has 3 heterocycles. The number of carbonyl (C=O) groups is 2. The Morgan fingerprint density at radius 2 is 2.03 bits per heavy atom. The molecule has 4 rings (SSSR count). The lowest BCUT2D eigenvalue weighted by Crippen LogP contribution is -2.30. The topological polar surface area (TPSA) is 57.6 Å². The zero-order valence-corrected chi connectivity index (χ0v) is 18.4. The molecule has 1 aliphatic heterocycles. The van der Waals surface area contributed by atoms with E-state index >= 15 is 0 Å². The van der Waals surface area contributed by atoms with Crippen molar-refractivity contribution < 1.29 is 9.59 Å². The Morgan fingerprint density at radius 3 is 2.73 bits per heavy atom. The fraction of sp³-hybridized carbons (Fsp3) is 0.227. The van der Waals surface area contributed by atoms with Crippen molar-refractivity contribution in [2.45, 2.75) is 20.0 Å². The van der Waals surface area contributed by atoms with Crippen LogP contribution in [0.3, 0.4) is 0 Å². The molecule has 30 heavy (non-hydrogen) atoms. The molecule has 0 bridgehead atoms. The predicted octanol–water partition coefficient (Wildman–Crippen LogP) is 3.44. The lowest BCUT2D eigenvalue weighted by atomic mass is 10.1. The van der Waals surface area contributed by atoms with Crippen molar-refractivity contribution in [2.24, 2.45) is 0 Å². The highest BCUT2D eigenvalue weighted by Crippen LogP contribution is 2.27. The van der Waals surface area contributed by atoms with Crippen LogP contribution in [0.15, 0.2) is 53.7 Å². The zero-order valence-electron chi connectivity index (χ0n) is 16.8. The molecule has 0 atom stereocenters. The smallest absolute Gasteiger partial charge is 0.276 e. The van der Waals surface area contributed by atoms with E-state index in [0.717, 1.165) is 21.3 Å². The second-order valence-electron chi connectivity index (χ2n) is 7.01. The van der Waals surface area contributed by atoms with Gasteiger partial charge < -0.3 is 14.8 Å². The number of benzene rings is 1. The number of nitrogens with zero attached hydrogens (tertiary/aromatic N) is 3. The van der Waals surface area contributed by atoms with Gasteiger partial charge in [-0.1, -0.05) is 24.3 Å². The number of carbonyl (C=O) groups excluding carboxylic acids is 2. The van der Waals surface area contributed by atoms with Crippen LogP contribution < -0.4 is 5.32 Å². The molecule has 0 saturated carbocycles. The van der Waals surface area contributed by atoms with Crippen LogP contribution in [-0.4, -0.2) is 44.9 Å². The first-order valence-electron chi connectivity index (χ1n) is 9.67. The maximum absolute atomic E-state index is 12.7. The molecule has 1 aliphatic rings. The molecule has 3 aromatic rings. The molecular formula is C22H22N4O2S2. The number of thiocarbonyl (C=S) groups is 1. The molecule has 0 radical (unpaired) electrons. The normalized spacial score (nSPS) is 15.6. The van der Waals surface area contributed by atoms with Gasteiger partial charge in [0.15, 0.2) is 5.11 Å². The monoisotopic (exact) mass is 438 g/mol. The van der Waals surface area contributed by atoms with Gasteiger partial charge in [0, 0.05) is 41.1 Å². The van der Waals surface area contributed by atoms with Crippen molar-refractivity contribution in [1.29, 1.82) is 0 Å². The summed E-state index contributed by atoms with van der Waals surface area (Å²) in [5.74, 6) is -0.161. The van der Waals surface area contributed by atoms with E-state index in [1.165, 1.54) is 0 Å². The number of aromatic nitrogens is 1. The van der Waals surface area contributed by atoms with Crippen LogP contribution in [0.4, 0.5) is 0 Å². The highest BCUT2D eigenvalue weighted by molar-refractivity contribution is 7.80. The maximum atomic E-state index is 12.7. The average Bonchev–Trinajstić information content (AvgIpc) is 3.43. The second kappa shape index (κ2) is 8.41. The van der Waals surface area contributed by atoms with Gasteiger partial charge in [-0.2, -0.15) is 0 Å². The van der Waals surface area contributed by atoms with Crippen molar-refractivity contribution in [2.75, 3.05) is 13.6 Å². The number of nitrogens with one attached hydrogen (secondary N) is 1. The first kappa shape index (κ1) is 20.3. The van der Waals surface area contributed by atoms with Crippen molar-refractivity contribution >= 4 is 57.5 Å². The number of fused-ring (bicyclic) bond motifs is 1. The minimum absolute atomic E-state index is 0.0595. The molecule has 8 heteroatoms. The van der Waals surface area contributed by atoms with E-state index in [-0.39, 0.29) is 18.4 Å². The minimum Gasteiger partial charge on any atom is -0.350 e. The van der Waals surface area contributed by atoms with Crippen LogP contribution in [0.5, 0.6) is 0 Å². The van der Waals surface area contributed by atoms with E-state index in [1.54, 1.807) is 28.2 Å². The summed E-state index contributed by atoms with van der Waals surface area (Å²) in [6.07, 6.45) is 3.77. The van der Waals surface area contributed by atoms with E-state index in [4.69, 9.17) is 12.2 Å². The number of thiophene rings is 1. The number of hydrogen-bond acceptors (Lipinski definition) is 4. The third-order valence-electron chi connectivity index (χ3n) is 5.13. The van der Waals surface area contributed by atoms with Crippen LogP contribution in [0.1, 0.15) is 17.4 Å². The molecular weight excluding hydrogens is 416 g/mol. The summed E-state index contributed by atoms with van der Waals surface area (Å²) >= 11 is 7.00. The first-order chi connectivity index (χ1) is 14.5. The molecule has 0 unspecified atom stereocenters. The Bertz CT molecular complexity index is 1150. The van der Waals surface area contributed by atoms with Gasteiger partial charge in [0.25, 0.3) is 5.91 Å². The summed E-state index contributed by atoms with van der Waals surface area (Å²) in [7, 11) is 1.80. The molecule has 6 nitrogen and oxygen atoms in total. The quantitative estimate of drug-likeness (QED) is 0.473. The number of para-hydroxylation sites is 1. The van der Waals surface area contributed by atoms with Gasteiger partial charge in [-0.15, -0.1) is 11.3 Å². The predicted molar refractivity (Wildman–Crippen MR) is 124 cm³/mol. The fourth-order valence-electron chi connectivity index (χ4n) is 3.57. The highest BCUT2D eigenvalue weighted by Gasteiger charge is 2.34. The minimum atomic E-state index is -0.101. The summed E-state index contributed by atoms with van der Waals surface area (Å²) in [4.78, 5) is 29.7. The molecule has 154 valence electrons. The number of likely N-dealkylation sites (N-methyl/N-ethyl adjacent to an activating group) is 2. The van der Waals surface area contributed by atoms with Gasteiger partial charge in [0.2, 0.25) is 5.91 Å². The Balaban J connectivity index is 1.62. The van der Waals surface area contributed by atoms with Crippen molar-refractivity contribution in [3.63, 3.8) is 0 Å². The van der Waals surface area contributed by atoms with Gasteiger partial charge in [-0.25, -0.2) is 0 Å². The summed E-state index contributed by atoms with van der Waals surface area (Å²) in [6, 6.07) is 11.8.